The molecule has 0 saturated heterocycles. The third-order valence-electron chi connectivity index (χ3n) is 3.82. The van der Waals surface area contributed by atoms with E-state index in [1.54, 1.807) is 17.8 Å². The third-order valence-corrected chi connectivity index (χ3v) is 4.56. The average Bonchev–Trinajstić information content (AvgIpc) is 2.67. The van der Waals surface area contributed by atoms with Crippen LogP contribution in [0.3, 0.4) is 0 Å². The van der Waals surface area contributed by atoms with E-state index in [2.05, 4.69) is 24.3 Å². The lowest BCUT2D eigenvalue weighted by molar-refractivity contribution is 0.104. The molecule has 0 aliphatic carbocycles. The molecule has 0 aliphatic rings. The average molecular weight is 367 g/mol. The number of carbonyl (C=O) groups is 1. The van der Waals surface area contributed by atoms with Crippen LogP contribution in [-0.2, 0) is 0 Å². The minimum Gasteiger partial charge on any atom is -0.289 e. The SMILES string of the molecule is CSc1ccc(C(=O)/C=C/c2ccc(-c3ccccc3)cc2)cc1.Cl. The number of benzene rings is 3. The Balaban J connectivity index is 0.00000225. The first-order valence-electron chi connectivity index (χ1n) is 7.78. The topological polar surface area (TPSA) is 17.1 Å². The van der Waals surface area contributed by atoms with E-state index in [4.69, 9.17) is 0 Å². The van der Waals surface area contributed by atoms with Gasteiger partial charge < -0.3 is 0 Å². The number of allylic oxidation sites excluding steroid dienone is 1. The molecule has 0 spiro atoms. The van der Waals surface area contributed by atoms with Crippen LogP contribution in [0.5, 0.6) is 0 Å². The maximum Gasteiger partial charge on any atom is 0.185 e. The summed E-state index contributed by atoms with van der Waals surface area (Å²) < 4.78 is 0. The highest BCUT2D eigenvalue weighted by Crippen LogP contribution is 2.20. The van der Waals surface area contributed by atoms with Crippen LogP contribution in [0.25, 0.3) is 17.2 Å². The van der Waals surface area contributed by atoms with Gasteiger partial charge in [0.05, 0.1) is 0 Å². The summed E-state index contributed by atoms with van der Waals surface area (Å²) in [5.41, 5.74) is 4.10. The molecule has 0 aromatic heterocycles. The van der Waals surface area contributed by atoms with Gasteiger partial charge >= 0.3 is 0 Å². The fraction of sp³-hybridized carbons (Fsp3) is 0.0455. The molecule has 0 fully saturated rings. The van der Waals surface area contributed by atoms with Crippen LogP contribution in [0, 0.1) is 0 Å². The van der Waals surface area contributed by atoms with E-state index in [0.717, 1.165) is 10.5 Å². The Labute approximate surface area is 159 Å². The monoisotopic (exact) mass is 366 g/mol. The molecule has 0 atom stereocenters. The summed E-state index contributed by atoms with van der Waals surface area (Å²) >= 11 is 1.67. The Hall–Kier alpha value is -2.29. The summed E-state index contributed by atoms with van der Waals surface area (Å²) in [5.74, 6) is 0.0230. The standard InChI is InChI=1S/C22H18OS.ClH/c1-24-21-14-12-20(13-15-21)22(23)16-9-17-7-10-19(11-8-17)18-5-3-2-4-6-18;/h2-16H,1H3;1H/b16-9+;. The van der Waals surface area contributed by atoms with E-state index in [0.29, 0.717) is 5.56 Å². The van der Waals surface area contributed by atoms with Crippen molar-refractivity contribution in [3.8, 4) is 11.1 Å². The van der Waals surface area contributed by atoms with Crippen molar-refractivity contribution < 1.29 is 4.79 Å². The highest BCUT2D eigenvalue weighted by atomic mass is 35.5. The Morgan fingerprint density at radius 1 is 0.800 bits per heavy atom. The molecule has 0 unspecified atom stereocenters. The van der Waals surface area contributed by atoms with Crippen molar-refractivity contribution in [2.45, 2.75) is 4.90 Å². The van der Waals surface area contributed by atoms with Crippen LogP contribution in [0.2, 0.25) is 0 Å². The predicted octanol–water partition coefficient (Wildman–Crippen LogP) is 6.39. The van der Waals surface area contributed by atoms with E-state index >= 15 is 0 Å². The number of rotatable bonds is 5. The van der Waals surface area contributed by atoms with E-state index in [1.165, 1.54) is 11.1 Å². The maximum atomic E-state index is 12.2. The van der Waals surface area contributed by atoms with Crippen molar-refractivity contribution in [3.63, 3.8) is 0 Å². The number of hydrogen-bond donors (Lipinski definition) is 0. The van der Waals surface area contributed by atoms with Crippen LogP contribution < -0.4 is 0 Å². The van der Waals surface area contributed by atoms with Crippen molar-refractivity contribution in [1.29, 1.82) is 0 Å². The zero-order valence-corrected chi connectivity index (χ0v) is 15.5. The Kier molecular flexibility index (Phi) is 7.05. The number of thioether (sulfide) groups is 1. The van der Waals surface area contributed by atoms with Gasteiger partial charge in [0, 0.05) is 10.5 Å². The lowest BCUT2D eigenvalue weighted by Crippen LogP contribution is -1.93. The second kappa shape index (κ2) is 9.26. The van der Waals surface area contributed by atoms with Gasteiger partial charge in [-0.05, 0) is 53.3 Å². The van der Waals surface area contributed by atoms with E-state index < -0.39 is 0 Å². The Morgan fingerprint density at radius 2 is 1.40 bits per heavy atom. The van der Waals surface area contributed by atoms with E-state index in [9.17, 15) is 4.79 Å². The van der Waals surface area contributed by atoms with Gasteiger partial charge in [0.25, 0.3) is 0 Å². The zero-order valence-electron chi connectivity index (χ0n) is 13.9. The quantitative estimate of drug-likeness (QED) is 0.295. The fourth-order valence-electron chi connectivity index (χ4n) is 2.44. The van der Waals surface area contributed by atoms with E-state index in [-0.39, 0.29) is 18.2 Å². The second-order valence-corrected chi connectivity index (χ2v) is 6.29. The summed E-state index contributed by atoms with van der Waals surface area (Å²) in [6.07, 6.45) is 5.51. The van der Waals surface area contributed by atoms with Gasteiger partial charge in [-0.15, -0.1) is 24.2 Å². The number of halogens is 1. The van der Waals surface area contributed by atoms with Gasteiger partial charge in [-0.3, -0.25) is 4.79 Å². The summed E-state index contributed by atoms with van der Waals surface area (Å²) in [6, 6.07) is 26.2. The molecule has 0 heterocycles. The smallest absolute Gasteiger partial charge is 0.185 e. The molecule has 0 bridgehead atoms. The van der Waals surface area contributed by atoms with Crippen LogP contribution in [0.1, 0.15) is 15.9 Å². The lowest BCUT2D eigenvalue weighted by Gasteiger charge is -2.02. The van der Waals surface area contributed by atoms with Crippen LogP contribution in [0.15, 0.2) is 89.8 Å². The minimum atomic E-state index is 0. The predicted molar refractivity (Wildman–Crippen MR) is 111 cm³/mol. The first kappa shape index (κ1) is 19.0. The number of hydrogen-bond acceptors (Lipinski definition) is 2. The molecular formula is C22H19ClOS. The summed E-state index contributed by atoms with van der Waals surface area (Å²) in [7, 11) is 0. The molecule has 0 N–H and O–H groups in total. The lowest BCUT2D eigenvalue weighted by atomic mass is 10.0. The molecule has 3 aromatic carbocycles. The summed E-state index contributed by atoms with van der Waals surface area (Å²) in [5, 5.41) is 0. The number of carbonyl (C=O) groups excluding carboxylic acids is 1. The van der Waals surface area contributed by atoms with Crippen molar-refractivity contribution >= 4 is 36.0 Å². The van der Waals surface area contributed by atoms with Crippen molar-refractivity contribution in [1.82, 2.24) is 0 Å². The highest BCUT2D eigenvalue weighted by molar-refractivity contribution is 7.98. The van der Waals surface area contributed by atoms with Crippen molar-refractivity contribution in [3.05, 3.63) is 96.1 Å². The highest BCUT2D eigenvalue weighted by Gasteiger charge is 2.02. The molecule has 3 aromatic rings. The van der Waals surface area contributed by atoms with Gasteiger partial charge in [-0.2, -0.15) is 0 Å². The third kappa shape index (κ3) is 5.09. The minimum absolute atomic E-state index is 0. The van der Waals surface area contributed by atoms with Crippen LogP contribution in [0.4, 0.5) is 0 Å². The summed E-state index contributed by atoms with van der Waals surface area (Å²) in [6.45, 7) is 0. The molecule has 3 rings (SSSR count). The molecule has 126 valence electrons. The molecule has 25 heavy (non-hydrogen) atoms. The van der Waals surface area contributed by atoms with Crippen LogP contribution in [-0.4, -0.2) is 12.0 Å². The fourth-order valence-corrected chi connectivity index (χ4v) is 2.85. The molecular weight excluding hydrogens is 348 g/mol. The molecule has 1 nitrogen and oxygen atoms in total. The molecule has 0 radical (unpaired) electrons. The molecule has 3 heteroatoms. The van der Waals surface area contributed by atoms with Gasteiger partial charge in [0.2, 0.25) is 0 Å². The molecule has 0 amide bonds. The first-order valence-corrected chi connectivity index (χ1v) is 9.01. The van der Waals surface area contributed by atoms with Gasteiger partial charge in [-0.25, -0.2) is 0 Å². The molecule has 0 aliphatic heterocycles. The van der Waals surface area contributed by atoms with Crippen LogP contribution >= 0.6 is 24.2 Å². The van der Waals surface area contributed by atoms with Gasteiger partial charge in [0.1, 0.15) is 0 Å². The maximum absolute atomic E-state index is 12.2. The zero-order chi connectivity index (χ0) is 16.8. The Bertz CT molecular complexity index is 837. The Morgan fingerprint density at radius 3 is 2.00 bits per heavy atom. The van der Waals surface area contributed by atoms with Gasteiger partial charge in [0.15, 0.2) is 5.78 Å². The van der Waals surface area contributed by atoms with Gasteiger partial charge in [-0.1, -0.05) is 60.7 Å². The van der Waals surface area contributed by atoms with Crippen molar-refractivity contribution in [2.24, 2.45) is 0 Å². The largest absolute Gasteiger partial charge is 0.289 e. The second-order valence-electron chi connectivity index (χ2n) is 5.41. The van der Waals surface area contributed by atoms with Crippen molar-refractivity contribution in [2.75, 3.05) is 6.26 Å². The molecule has 0 saturated carbocycles. The number of ketones is 1. The normalized spacial score (nSPS) is 10.4. The van der Waals surface area contributed by atoms with E-state index in [1.807, 2.05) is 66.9 Å². The first-order chi connectivity index (χ1) is 11.8. The summed E-state index contributed by atoms with van der Waals surface area (Å²) in [4.78, 5) is 13.4.